The van der Waals surface area contributed by atoms with Gasteiger partial charge in [0.1, 0.15) is 5.75 Å². The van der Waals surface area contributed by atoms with Crippen LogP contribution < -0.4 is 0 Å². The number of fused-ring (bicyclic) bond motifs is 1. The summed E-state index contributed by atoms with van der Waals surface area (Å²) in [6.45, 7) is 2.03. The van der Waals surface area contributed by atoms with Crippen LogP contribution in [0.25, 0.3) is 5.52 Å². The fraction of sp³-hybridized carbons (Fsp3) is 0.118. The monoisotopic (exact) mass is 499 g/mol. The van der Waals surface area contributed by atoms with E-state index in [1.54, 1.807) is 12.1 Å². The number of ketones is 1. The topological polar surface area (TPSA) is 41.7 Å². The van der Waals surface area contributed by atoms with Crippen molar-refractivity contribution in [2.45, 2.75) is 13.3 Å². The predicted octanol–water partition coefficient (Wildman–Crippen LogP) is 5.73. The summed E-state index contributed by atoms with van der Waals surface area (Å²) >= 11 is 10.2. The van der Waals surface area contributed by atoms with Gasteiger partial charge in [0.25, 0.3) is 0 Å². The SMILES string of the molecule is CCc1c(Br)c2ccccn2c1C(=O)c1cc(Br)c(O)c(Br)c1. The van der Waals surface area contributed by atoms with E-state index in [0.717, 1.165) is 22.0 Å². The molecule has 6 heteroatoms. The molecule has 3 rings (SSSR count). The highest BCUT2D eigenvalue weighted by Gasteiger charge is 2.23. The molecular formula is C17H12Br3NO2. The Labute approximate surface area is 158 Å². The van der Waals surface area contributed by atoms with Crippen LogP contribution in [0.2, 0.25) is 0 Å². The second-order valence-electron chi connectivity index (χ2n) is 5.07. The number of hydrogen-bond donors (Lipinski definition) is 1. The van der Waals surface area contributed by atoms with E-state index >= 15 is 0 Å². The summed E-state index contributed by atoms with van der Waals surface area (Å²) in [4.78, 5) is 13.1. The highest BCUT2D eigenvalue weighted by atomic mass is 79.9. The number of nitrogens with zero attached hydrogens (tertiary/aromatic N) is 1. The first kappa shape index (κ1) is 16.7. The Morgan fingerprint density at radius 3 is 2.43 bits per heavy atom. The number of pyridine rings is 1. The summed E-state index contributed by atoms with van der Waals surface area (Å²) in [5.74, 6) is -0.00591. The van der Waals surface area contributed by atoms with Gasteiger partial charge in [-0.15, -0.1) is 0 Å². The van der Waals surface area contributed by atoms with Crippen molar-refractivity contribution in [1.82, 2.24) is 4.40 Å². The summed E-state index contributed by atoms with van der Waals surface area (Å²) in [5.41, 5.74) is 3.08. The van der Waals surface area contributed by atoms with Gasteiger partial charge in [-0.25, -0.2) is 0 Å². The third-order valence-electron chi connectivity index (χ3n) is 3.72. The van der Waals surface area contributed by atoms with Gasteiger partial charge in [0.05, 0.1) is 20.2 Å². The summed E-state index contributed by atoms with van der Waals surface area (Å²) < 4.78 is 3.81. The van der Waals surface area contributed by atoms with E-state index in [1.165, 1.54) is 0 Å². The van der Waals surface area contributed by atoms with Gasteiger partial charge < -0.3 is 9.51 Å². The molecule has 0 bridgehead atoms. The Morgan fingerprint density at radius 2 is 1.83 bits per heavy atom. The number of rotatable bonds is 3. The number of carbonyl (C=O) groups is 1. The smallest absolute Gasteiger partial charge is 0.210 e. The minimum atomic E-state index is -0.0878. The van der Waals surface area contributed by atoms with Crippen molar-refractivity contribution >= 4 is 59.1 Å². The number of phenolic OH excluding ortho intramolecular Hbond substituents is 1. The van der Waals surface area contributed by atoms with Gasteiger partial charge in [-0.05, 0) is 84.0 Å². The van der Waals surface area contributed by atoms with Crippen LogP contribution in [0.1, 0.15) is 28.5 Å². The van der Waals surface area contributed by atoms with Crippen LogP contribution in [0.4, 0.5) is 0 Å². The second-order valence-corrected chi connectivity index (χ2v) is 7.57. The summed E-state index contributed by atoms with van der Waals surface area (Å²) in [5, 5.41) is 9.84. The van der Waals surface area contributed by atoms with Crippen LogP contribution in [-0.4, -0.2) is 15.3 Å². The molecule has 0 aliphatic heterocycles. The minimum absolute atomic E-state index is 0.0819. The molecule has 0 fully saturated rings. The first-order valence-electron chi connectivity index (χ1n) is 6.95. The Bertz CT molecular complexity index is 908. The zero-order valence-corrected chi connectivity index (χ0v) is 16.9. The minimum Gasteiger partial charge on any atom is -0.506 e. The predicted molar refractivity (Wildman–Crippen MR) is 101 cm³/mol. The molecule has 1 aromatic carbocycles. The van der Waals surface area contributed by atoms with Crippen molar-refractivity contribution < 1.29 is 9.90 Å². The van der Waals surface area contributed by atoms with E-state index in [1.807, 2.05) is 35.7 Å². The molecule has 2 heterocycles. The molecule has 0 amide bonds. The second kappa shape index (κ2) is 6.42. The fourth-order valence-corrected chi connectivity index (χ4v) is 4.60. The Balaban J connectivity index is 2.26. The molecule has 1 N–H and O–H groups in total. The van der Waals surface area contributed by atoms with Crippen LogP contribution >= 0.6 is 47.8 Å². The van der Waals surface area contributed by atoms with Gasteiger partial charge in [-0.2, -0.15) is 0 Å². The molecular weight excluding hydrogens is 490 g/mol. The largest absolute Gasteiger partial charge is 0.506 e. The molecule has 23 heavy (non-hydrogen) atoms. The molecule has 0 unspecified atom stereocenters. The molecule has 0 aliphatic rings. The van der Waals surface area contributed by atoms with E-state index < -0.39 is 0 Å². The molecule has 3 nitrogen and oxygen atoms in total. The lowest BCUT2D eigenvalue weighted by molar-refractivity contribution is 0.103. The summed E-state index contributed by atoms with van der Waals surface area (Å²) in [7, 11) is 0. The van der Waals surface area contributed by atoms with Crippen LogP contribution in [0.3, 0.4) is 0 Å². The number of hydrogen-bond acceptors (Lipinski definition) is 2. The van der Waals surface area contributed by atoms with Gasteiger partial charge >= 0.3 is 0 Å². The van der Waals surface area contributed by atoms with Crippen molar-refractivity contribution in [3.05, 3.63) is 66.8 Å². The van der Waals surface area contributed by atoms with Crippen molar-refractivity contribution in [3.8, 4) is 5.75 Å². The zero-order valence-electron chi connectivity index (χ0n) is 12.1. The third kappa shape index (κ3) is 2.77. The van der Waals surface area contributed by atoms with E-state index in [2.05, 4.69) is 47.8 Å². The number of benzene rings is 1. The van der Waals surface area contributed by atoms with E-state index in [-0.39, 0.29) is 11.5 Å². The number of aromatic hydroxyl groups is 1. The number of phenols is 1. The summed E-state index contributed by atoms with van der Waals surface area (Å²) in [6, 6.07) is 9.10. The van der Waals surface area contributed by atoms with Gasteiger partial charge in [0, 0.05) is 16.2 Å². The van der Waals surface area contributed by atoms with Crippen molar-refractivity contribution in [1.29, 1.82) is 0 Å². The first-order chi connectivity index (χ1) is 11.0. The molecule has 0 aliphatic carbocycles. The number of halogens is 3. The van der Waals surface area contributed by atoms with Gasteiger partial charge in [-0.1, -0.05) is 13.0 Å². The molecule has 0 saturated carbocycles. The fourth-order valence-electron chi connectivity index (χ4n) is 2.62. The maximum absolute atomic E-state index is 13.1. The molecule has 118 valence electrons. The summed E-state index contributed by atoms with van der Waals surface area (Å²) in [6.07, 6.45) is 2.63. The van der Waals surface area contributed by atoms with Crippen LogP contribution in [0.15, 0.2) is 49.9 Å². The standard InChI is InChI=1S/C17H12Br3NO2/c1-2-10-14(20)13-5-3-4-6-21(13)15(10)16(22)9-7-11(18)17(23)12(19)8-9/h3-8,23H,2H2,1H3. The van der Waals surface area contributed by atoms with Gasteiger partial charge in [0.15, 0.2) is 0 Å². The van der Waals surface area contributed by atoms with Crippen LogP contribution in [0, 0.1) is 0 Å². The maximum Gasteiger partial charge on any atom is 0.210 e. The van der Waals surface area contributed by atoms with Gasteiger partial charge in [-0.3, -0.25) is 4.79 Å². The number of carbonyl (C=O) groups excluding carboxylic acids is 1. The molecule has 0 spiro atoms. The van der Waals surface area contributed by atoms with Crippen molar-refractivity contribution in [3.63, 3.8) is 0 Å². The highest BCUT2D eigenvalue weighted by molar-refractivity contribution is 9.11. The molecule has 0 saturated heterocycles. The lowest BCUT2D eigenvalue weighted by Crippen LogP contribution is -2.08. The average molecular weight is 502 g/mol. The Morgan fingerprint density at radius 1 is 1.17 bits per heavy atom. The highest BCUT2D eigenvalue weighted by Crippen LogP contribution is 2.36. The van der Waals surface area contributed by atoms with E-state index in [9.17, 15) is 9.90 Å². The normalized spacial score (nSPS) is 11.1. The van der Waals surface area contributed by atoms with Crippen molar-refractivity contribution in [2.24, 2.45) is 0 Å². The first-order valence-corrected chi connectivity index (χ1v) is 9.33. The Hall–Kier alpha value is -1.11. The molecule has 3 aromatic rings. The zero-order chi connectivity index (χ0) is 16.7. The Kier molecular flexibility index (Phi) is 4.67. The lowest BCUT2D eigenvalue weighted by atomic mass is 10.0. The lowest BCUT2D eigenvalue weighted by Gasteiger charge is -2.08. The molecule has 0 radical (unpaired) electrons. The molecule has 2 aromatic heterocycles. The average Bonchev–Trinajstić information content (AvgIpc) is 2.84. The van der Waals surface area contributed by atoms with Crippen LogP contribution in [0.5, 0.6) is 5.75 Å². The van der Waals surface area contributed by atoms with Crippen molar-refractivity contribution in [2.75, 3.05) is 0 Å². The van der Waals surface area contributed by atoms with E-state index in [0.29, 0.717) is 20.2 Å². The molecule has 0 atom stereocenters. The third-order valence-corrected chi connectivity index (χ3v) is 5.82. The van der Waals surface area contributed by atoms with Gasteiger partial charge in [0.2, 0.25) is 5.78 Å². The number of aromatic nitrogens is 1. The van der Waals surface area contributed by atoms with Crippen LogP contribution in [-0.2, 0) is 6.42 Å². The van der Waals surface area contributed by atoms with E-state index in [4.69, 9.17) is 0 Å². The maximum atomic E-state index is 13.1. The quantitative estimate of drug-likeness (QED) is 0.466.